The first-order chi connectivity index (χ1) is 15.6. The fraction of sp³-hybridized carbons (Fsp3) is 0.375. The number of nitrogen functional groups attached to an aromatic ring is 1. The van der Waals surface area contributed by atoms with E-state index >= 15 is 0 Å². The van der Waals surface area contributed by atoms with Crippen molar-refractivity contribution in [1.82, 2.24) is 4.98 Å². The van der Waals surface area contributed by atoms with E-state index in [4.69, 9.17) is 11.5 Å². The van der Waals surface area contributed by atoms with Crippen LogP contribution in [0.4, 0.5) is 24.7 Å². The van der Waals surface area contributed by atoms with Gasteiger partial charge in [-0.15, -0.1) is 13.2 Å². The lowest BCUT2D eigenvalue weighted by atomic mass is 9.71. The van der Waals surface area contributed by atoms with Gasteiger partial charge in [-0.25, -0.2) is 4.98 Å². The van der Waals surface area contributed by atoms with Gasteiger partial charge in [-0.05, 0) is 61.8 Å². The van der Waals surface area contributed by atoms with Gasteiger partial charge in [-0.3, -0.25) is 0 Å². The molecule has 0 unspecified atom stereocenters. The second kappa shape index (κ2) is 9.02. The molecule has 5 N–H and O–H groups in total. The van der Waals surface area contributed by atoms with Crippen LogP contribution in [0.15, 0.2) is 46.9 Å². The van der Waals surface area contributed by atoms with Crippen molar-refractivity contribution >= 4 is 38.3 Å². The summed E-state index contributed by atoms with van der Waals surface area (Å²) in [6.07, 6.45) is -1.43. The van der Waals surface area contributed by atoms with Gasteiger partial charge in [-0.1, -0.05) is 40.2 Å². The van der Waals surface area contributed by atoms with E-state index in [1.165, 1.54) is 6.07 Å². The number of fused-ring (bicyclic) bond motifs is 1. The second-order valence-corrected chi connectivity index (χ2v) is 9.53. The monoisotopic (exact) mass is 522 g/mol. The number of pyridine rings is 1. The highest BCUT2D eigenvalue weighted by molar-refractivity contribution is 9.10. The number of nitrogens with zero attached hydrogens (tertiary/aromatic N) is 1. The summed E-state index contributed by atoms with van der Waals surface area (Å²) in [5.41, 5.74) is 15.6. The standard InChI is InChI=1S/C24H26BrF3N4O/c1-31-21-17-4-2-3-5-18(17)32-22(29)20(21)23(30)10-8-14(9-11-23)12-15-6-7-16(25)13-19(15)33-24(26,27)28/h2-7,13-14H,8-12,30H2,1H3,(H3,29,31,32). The number of rotatable bonds is 5. The van der Waals surface area contributed by atoms with Crippen LogP contribution in [0, 0.1) is 5.92 Å². The molecule has 9 heteroatoms. The van der Waals surface area contributed by atoms with Gasteiger partial charge in [0, 0.05) is 28.0 Å². The van der Waals surface area contributed by atoms with Gasteiger partial charge in [0.05, 0.1) is 11.2 Å². The summed E-state index contributed by atoms with van der Waals surface area (Å²) in [6.45, 7) is 0. The molecule has 0 spiro atoms. The van der Waals surface area contributed by atoms with Crippen molar-refractivity contribution in [3.05, 3.63) is 58.1 Å². The van der Waals surface area contributed by atoms with Crippen molar-refractivity contribution in [2.45, 2.75) is 44.0 Å². The van der Waals surface area contributed by atoms with Crippen molar-refractivity contribution in [3.8, 4) is 5.75 Å². The molecule has 0 bridgehead atoms. The highest BCUT2D eigenvalue weighted by atomic mass is 79.9. The van der Waals surface area contributed by atoms with Crippen LogP contribution in [-0.4, -0.2) is 18.4 Å². The summed E-state index contributed by atoms with van der Waals surface area (Å²) in [4.78, 5) is 4.58. The quantitative estimate of drug-likeness (QED) is 0.376. The molecule has 5 nitrogen and oxygen atoms in total. The molecule has 0 saturated heterocycles. The first kappa shape index (κ1) is 23.6. The number of hydrogen-bond donors (Lipinski definition) is 3. The lowest BCUT2D eigenvalue weighted by Crippen LogP contribution is -2.42. The molecule has 33 heavy (non-hydrogen) atoms. The Balaban J connectivity index is 1.56. The third-order valence-electron chi connectivity index (χ3n) is 6.43. The third-order valence-corrected chi connectivity index (χ3v) is 6.92. The van der Waals surface area contributed by atoms with Crippen molar-refractivity contribution in [3.63, 3.8) is 0 Å². The van der Waals surface area contributed by atoms with Gasteiger partial charge in [0.25, 0.3) is 0 Å². The summed E-state index contributed by atoms with van der Waals surface area (Å²) < 4.78 is 43.4. The first-order valence-corrected chi connectivity index (χ1v) is 11.6. The largest absolute Gasteiger partial charge is 0.573 e. The highest BCUT2D eigenvalue weighted by Gasteiger charge is 2.38. The number of aromatic nitrogens is 1. The zero-order valence-electron chi connectivity index (χ0n) is 18.2. The Hall–Kier alpha value is -2.52. The summed E-state index contributed by atoms with van der Waals surface area (Å²) in [5, 5.41) is 4.22. The smallest absolute Gasteiger partial charge is 0.405 e. The van der Waals surface area contributed by atoms with E-state index in [1.54, 1.807) is 12.1 Å². The van der Waals surface area contributed by atoms with E-state index < -0.39 is 11.9 Å². The fourth-order valence-corrected chi connectivity index (χ4v) is 5.21. The molecular weight excluding hydrogens is 497 g/mol. The number of anilines is 2. The summed E-state index contributed by atoms with van der Waals surface area (Å²) in [7, 11) is 1.84. The van der Waals surface area contributed by atoms with Crippen LogP contribution in [0.5, 0.6) is 5.75 Å². The van der Waals surface area contributed by atoms with Gasteiger partial charge >= 0.3 is 6.36 Å². The number of halogens is 4. The Morgan fingerprint density at radius 3 is 2.55 bits per heavy atom. The predicted molar refractivity (Wildman–Crippen MR) is 128 cm³/mol. The molecule has 176 valence electrons. The maximum atomic E-state index is 12.9. The van der Waals surface area contributed by atoms with E-state index in [-0.39, 0.29) is 11.7 Å². The highest BCUT2D eigenvalue weighted by Crippen LogP contribution is 2.45. The summed E-state index contributed by atoms with van der Waals surface area (Å²) in [6, 6.07) is 12.5. The van der Waals surface area contributed by atoms with Gasteiger partial charge in [0.2, 0.25) is 0 Å². The Morgan fingerprint density at radius 1 is 1.18 bits per heavy atom. The van der Waals surface area contributed by atoms with Crippen LogP contribution < -0.4 is 21.5 Å². The molecule has 1 aliphatic rings. The van der Waals surface area contributed by atoms with E-state index in [0.717, 1.165) is 35.0 Å². The first-order valence-electron chi connectivity index (χ1n) is 10.8. The second-order valence-electron chi connectivity index (χ2n) is 8.62. The minimum absolute atomic E-state index is 0.165. The molecule has 0 radical (unpaired) electrons. The minimum Gasteiger partial charge on any atom is -0.405 e. The molecule has 1 heterocycles. The predicted octanol–water partition coefficient (Wildman–Crippen LogP) is 6.11. The zero-order valence-corrected chi connectivity index (χ0v) is 19.8. The molecule has 0 amide bonds. The van der Waals surface area contributed by atoms with Gasteiger partial charge in [0.15, 0.2) is 0 Å². The van der Waals surface area contributed by atoms with Crippen molar-refractivity contribution in [2.24, 2.45) is 11.7 Å². The van der Waals surface area contributed by atoms with Crippen molar-refractivity contribution in [2.75, 3.05) is 18.1 Å². The van der Waals surface area contributed by atoms with Crippen LogP contribution in [0.25, 0.3) is 10.9 Å². The average Bonchev–Trinajstić information content (AvgIpc) is 2.75. The molecule has 1 aromatic heterocycles. The van der Waals surface area contributed by atoms with Gasteiger partial charge in [0.1, 0.15) is 11.6 Å². The van der Waals surface area contributed by atoms with E-state index in [2.05, 4.69) is 31.0 Å². The molecule has 0 aliphatic heterocycles. The maximum absolute atomic E-state index is 12.9. The summed E-state index contributed by atoms with van der Waals surface area (Å²) in [5.74, 6) is 0.431. The van der Waals surface area contributed by atoms with E-state index in [0.29, 0.717) is 35.1 Å². The zero-order chi connectivity index (χ0) is 23.8. The van der Waals surface area contributed by atoms with Crippen LogP contribution in [0.2, 0.25) is 0 Å². The SMILES string of the molecule is CNc1c(C2(N)CCC(Cc3ccc(Br)cc3OC(F)(F)F)CC2)c(N)nc2ccccc12. The molecule has 4 rings (SSSR count). The van der Waals surface area contributed by atoms with Crippen LogP contribution in [0.1, 0.15) is 36.8 Å². The van der Waals surface area contributed by atoms with E-state index in [1.807, 2.05) is 31.3 Å². The molecule has 2 aromatic carbocycles. The number of benzene rings is 2. The fourth-order valence-electron chi connectivity index (χ4n) is 4.87. The number of ether oxygens (including phenoxy) is 1. The molecule has 1 fully saturated rings. The average molecular weight is 523 g/mol. The Morgan fingerprint density at radius 2 is 1.88 bits per heavy atom. The number of nitrogens with two attached hydrogens (primary N) is 2. The topological polar surface area (TPSA) is 86.2 Å². The normalized spacial score (nSPS) is 21.2. The van der Waals surface area contributed by atoms with Gasteiger partial charge in [-0.2, -0.15) is 0 Å². The minimum atomic E-state index is -4.74. The van der Waals surface area contributed by atoms with Crippen molar-refractivity contribution < 1.29 is 17.9 Å². The van der Waals surface area contributed by atoms with E-state index in [9.17, 15) is 13.2 Å². The lowest BCUT2D eigenvalue weighted by Gasteiger charge is -2.39. The Labute approximate surface area is 198 Å². The third kappa shape index (κ3) is 5.04. The van der Waals surface area contributed by atoms with Gasteiger partial charge < -0.3 is 21.5 Å². The van der Waals surface area contributed by atoms with Crippen molar-refractivity contribution in [1.29, 1.82) is 0 Å². The molecule has 1 saturated carbocycles. The number of hydrogen-bond acceptors (Lipinski definition) is 5. The molecule has 1 aliphatic carbocycles. The number of alkyl halides is 3. The maximum Gasteiger partial charge on any atom is 0.573 e. The molecule has 0 atom stereocenters. The van der Waals surface area contributed by atoms with Crippen LogP contribution >= 0.6 is 15.9 Å². The lowest BCUT2D eigenvalue weighted by molar-refractivity contribution is -0.274. The van der Waals surface area contributed by atoms with Crippen LogP contribution in [0.3, 0.4) is 0 Å². The number of nitrogens with one attached hydrogen (secondary N) is 1. The molecule has 3 aromatic rings. The Kier molecular flexibility index (Phi) is 6.46. The summed E-state index contributed by atoms with van der Waals surface area (Å²) >= 11 is 3.22. The van der Waals surface area contributed by atoms with Crippen LogP contribution in [-0.2, 0) is 12.0 Å². The number of para-hydroxylation sites is 1. The molecular formula is C24H26BrF3N4O. The Bertz CT molecular complexity index is 1160.